The molecule has 0 spiro atoms. The van der Waals surface area contributed by atoms with Gasteiger partial charge in [-0.2, -0.15) is 0 Å². The summed E-state index contributed by atoms with van der Waals surface area (Å²) >= 11 is 0. The number of carbonyl (C=O) groups is 1. The third-order valence-electron chi connectivity index (χ3n) is 6.16. The van der Waals surface area contributed by atoms with Gasteiger partial charge in [0.2, 0.25) is 0 Å². The number of nitrogens with one attached hydrogen (secondary N) is 2. The largest absolute Gasteiger partial charge is 0.470 e. The van der Waals surface area contributed by atoms with Gasteiger partial charge in [0.15, 0.2) is 28.5 Å². The first kappa shape index (κ1) is 28.2. The SMILES string of the molecule is CCO[C@H](CCP(=O)(O)[OH2+])C1=C(Cn2cnc3c(NC(=O)Nc4ccccc4)ncnc32)O[C@@H](c2ccccc2)O1. The number of rotatable bonds is 11. The molecule has 5 rings (SSSR count). The molecule has 0 saturated heterocycles. The summed E-state index contributed by atoms with van der Waals surface area (Å²) in [5.74, 6) is 1.01. The van der Waals surface area contributed by atoms with Crippen LogP contribution in [-0.4, -0.2) is 54.2 Å². The average Bonchev–Trinajstić information content (AvgIpc) is 3.57. The highest BCUT2D eigenvalue weighted by molar-refractivity contribution is 7.51. The molecular weight excluding hydrogens is 551 g/mol. The van der Waals surface area contributed by atoms with E-state index in [-0.39, 0.29) is 24.9 Å². The third-order valence-corrected chi connectivity index (χ3v) is 7.03. The lowest BCUT2D eigenvalue weighted by molar-refractivity contribution is -0.0619. The van der Waals surface area contributed by atoms with E-state index >= 15 is 0 Å². The molecule has 0 saturated carbocycles. The van der Waals surface area contributed by atoms with Gasteiger partial charge >= 0.3 is 13.6 Å². The van der Waals surface area contributed by atoms with Crippen LogP contribution in [0.4, 0.5) is 16.3 Å². The molecule has 214 valence electrons. The number of hydrogen-bond donors (Lipinski definition) is 3. The normalized spacial score (nSPS) is 17.0. The Bertz CT molecular complexity index is 1580. The zero-order valence-corrected chi connectivity index (χ0v) is 23.0. The fraction of sp³-hybridized carbons (Fsp3) is 0.259. The van der Waals surface area contributed by atoms with Crippen molar-refractivity contribution in [2.45, 2.75) is 32.3 Å². The number of carbonyl (C=O) groups excluding carboxylic acids is 1. The topological polar surface area (TPSA) is 173 Å². The van der Waals surface area contributed by atoms with E-state index in [1.54, 1.807) is 30.0 Å². The maximum atomic E-state index is 12.6. The summed E-state index contributed by atoms with van der Waals surface area (Å²) in [5.41, 5.74) is 2.21. The standard InChI is InChI=1S/C27H29N6O7P/c1-2-38-20(13-14-41(35,36)37)23-21(39-26(40-23)18-9-5-3-6-10-18)15-33-17-30-22-24(28-16-29-25(22)33)32-27(34)31-19-11-7-4-8-12-19/h3-12,16-17,20,26H,2,13-15H2,1H3,(H2,35,36,37)(H2,28,29,31,32,34)/p+1/t20-,26-/m1/s1. The lowest BCUT2D eigenvalue weighted by Gasteiger charge is -2.18. The molecule has 1 aliphatic rings. The van der Waals surface area contributed by atoms with Gasteiger partial charge in [0.25, 0.3) is 6.29 Å². The van der Waals surface area contributed by atoms with E-state index in [0.29, 0.717) is 35.0 Å². The number of urea groups is 1. The summed E-state index contributed by atoms with van der Waals surface area (Å²) in [6.45, 7) is 2.26. The fourth-order valence-corrected chi connectivity index (χ4v) is 4.91. The summed E-state index contributed by atoms with van der Waals surface area (Å²) in [6.07, 6.45) is 1.22. The fourth-order valence-electron chi connectivity index (χ4n) is 4.33. The van der Waals surface area contributed by atoms with Crippen molar-refractivity contribution in [1.29, 1.82) is 0 Å². The summed E-state index contributed by atoms with van der Waals surface area (Å²) in [7, 11) is -4.03. The molecule has 2 amide bonds. The highest BCUT2D eigenvalue weighted by atomic mass is 31.2. The second-order valence-electron chi connectivity index (χ2n) is 9.14. The van der Waals surface area contributed by atoms with Crippen LogP contribution in [0.25, 0.3) is 11.2 Å². The number of nitrogens with zero attached hydrogens (tertiary/aromatic N) is 4. The van der Waals surface area contributed by atoms with Crippen LogP contribution >= 0.6 is 7.60 Å². The van der Waals surface area contributed by atoms with Crippen LogP contribution in [0.1, 0.15) is 25.2 Å². The second kappa shape index (κ2) is 12.5. The maximum Gasteiger partial charge on any atom is 0.470 e. The minimum atomic E-state index is -4.03. The van der Waals surface area contributed by atoms with Gasteiger partial charge in [-0.3, -0.25) is 10.2 Å². The van der Waals surface area contributed by atoms with E-state index < -0.39 is 26.0 Å². The summed E-state index contributed by atoms with van der Waals surface area (Å²) < 4.78 is 31.8. The van der Waals surface area contributed by atoms with Gasteiger partial charge in [-0.1, -0.05) is 48.5 Å². The molecule has 0 aliphatic carbocycles. The number of allylic oxidation sites excluding steroid dienone is 1. The molecule has 0 bridgehead atoms. The first-order valence-corrected chi connectivity index (χ1v) is 14.7. The molecule has 2 aromatic carbocycles. The maximum absolute atomic E-state index is 12.6. The molecule has 13 nitrogen and oxygen atoms in total. The zero-order chi connectivity index (χ0) is 28.8. The molecule has 5 N–H and O–H groups in total. The molecule has 3 atom stereocenters. The number of benzene rings is 2. The van der Waals surface area contributed by atoms with Crippen LogP contribution in [0.5, 0.6) is 0 Å². The lowest BCUT2D eigenvalue weighted by atomic mass is 10.2. The number of ether oxygens (including phenoxy) is 3. The molecule has 41 heavy (non-hydrogen) atoms. The van der Waals surface area contributed by atoms with Crippen molar-refractivity contribution in [2.75, 3.05) is 23.4 Å². The van der Waals surface area contributed by atoms with Crippen LogP contribution < -0.4 is 10.6 Å². The van der Waals surface area contributed by atoms with E-state index in [1.165, 1.54) is 6.33 Å². The summed E-state index contributed by atoms with van der Waals surface area (Å²) in [6, 6.07) is 17.9. The number of aromatic nitrogens is 4. The Kier molecular flexibility index (Phi) is 8.60. The monoisotopic (exact) mass is 581 g/mol. The van der Waals surface area contributed by atoms with Crippen molar-refractivity contribution in [2.24, 2.45) is 0 Å². The Morgan fingerprint density at radius 1 is 1.10 bits per heavy atom. The van der Waals surface area contributed by atoms with E-state index in [9.17, 15) is 14.3 Å². The first-order valence-electron chi connectivity index (χ1n) is 12.9. The Hall–Kier alpha value is -4.29. The molecule has 0 radical (unpaired) electrons. The number of hydrogen-bond acceptors (Lipinski definition) is 8. The number of fused-ring (bicyclic) bond motifs is 1. The Labute approximate surface area is 235 Å². The van der Waals surface area contributed by atoms with Gasteiger partial charge in [0.05, 0.1) is 12.9 Å². The van der Waals surface area contributed by atoms with Crippen LogP contribution in [0.15, 0.2) is 84.8 Å². The van der Waals surface area contributed by atoms with Crippen LogP contribution in [-0.2, 0) is 25.3 Å². The Morgan fingerprint density at radius 2 is 1.83 bits per heavy atom. The highest BCUT2D eigenvalue weighted by Crippen LogP contribution is 2.41. The lowest BCUT2D eigenvalue weighted by Crippen LogP contribution is -2.20. The minimum Gasteiger partial charge on any atom is -0.449 e. The van der Waals surface area contributed by atoms with Gasteiger partial charge in [-0.25, -0.2) is 24.3 Å². The number of amides is 2. The number of imidazole rings is 1. The predicted octanol–water partition coefficient (Wildman–Crippen LogP) is 4.13. The van der Waals surface area contributed by atoms with Crippen molar-refractivity contribution in [3.63, 3.8) is 0 Å². The summed E-state index contributed by atoms with van der Waals surface area (Å²) in [4.78, 5) is 42.6. The van der Waals surface area contributed by atoms with E-state index in [0.717, 1.165) is 5.56 Å². The zero-order valence-electron chi connectivity index (χ0n) is 22.1. The van der Waals surface area contributed by atoms with Gasteiger partial charge in [0, 0.05) is 17.9 Å². The molecule has 0 fully saturated rings. The average molecular weight is 582 g/mol. The second-order valence-corrected chi connectivity index (χ2v) is 11.0. The van der Waals surface area contributed by atoms with Gasteiger partial charge in [0.1, 0.15) is 18.6 Å². The Balaban J connectivity index is 1.41. The molecule has 14 heteroatoms. The van der Waals surface area contributed by atoms with Crippen molar-refractivity contribution < 1.29 is 33.4 Å². The van der Waals surface area contributed by atoms with Crippen molar-refractivity contribution in [3.05, 3.63) is 90.4 Å². The summed E-state index contributed by atoms with van der Waals surface area (Å²) in [5, 5.41) is 5.45. The molecule has 1 unspecified atom stereocenters. The Morgan fingerprint density at radius 3 is 2.54 bits per heavy atom. The molecular formula is C27H30N6O7P+. The smallest absolute Gasteiger partial charge is 0.449 e. The number of anilines is 2. The quantitative estimate of drug-likeness (QED) is 0.174. The van der Waals surface area contributed by atoms with Gasteiger partial charge in [-0.05, 0) is 25.5 Å². The van der Waals surface area contributed by atoms with Crippen molar-refractivity contribution in [1.82, 2.24) is 19.5 Å². The van der Waals surface area contributed by atoms with E-state index in [4.69, 9.17) is 19.1 Å². The highest BCUT2D eigenvalue weighted by Gasteiger charge is 2.36. The van der Waals surface area contributed by atoms with Crippen molar-refractivity contribution in [3.8, 4) is 0 Å². The molecule has 2 aromatic heterocycles. The molecule has 4 aromatic rings. The predicted molar refractivity (Wildman–Crippen MR) is 151 cm³/mol. The minimum absolute atomic E-state index is 0.0895. The van der Waals surface area contributed by atoms with Crippen LogP contribution in [0.2, 0.25) is 0 Å². The van der Waals surface area contributed by atoms with Gasteiger partial charge in [-0.15, -0.1) is 0 Å². The number of para-hydroxylation sites is 1. The third kappa shape index (κ3) is 7.08. The first-order chi connectivity index (χ1) is 19.8. The van der Waals surface area contributed by atoms with Crippen molar-refractivity contribution >= 4 is 36.3 Å². The van der Waals surface area contributed by atoms with Crippen LogP contribution in [0.3, 0.4) is 0 Å². The van der Waals surface area contributed by atoms with Gasteiger partial charge < -0.3 is 29.0 Å². The van der Waals surface area contributed by atoms with E-state index in [1.807, 2.05) is 48.5 Å². The molecule has 3 heterocycles. The van der Waals surface area contributed by atoms with Crippen LogP contribution in [0, 0.1) is 0 Å². The molecule has 1 aliphatic heterocycles. The van der Waals surface area contributed by atoms with E-state index in [2.05, 4.69) is 25.6 Å².